The Kier molecular flexibility index (Phi) is 3.57. The van der Waals surface area contributed by atoms with E-state index in [9.17, 15) is 0 Å². The smallest absolute Gasteiger partial charge is 0.0712 e. The van der Waals surface area contributed by atoms with Crippen LogP contribution in [-0.4, -0.2) is 0 Å². The summed E-state index contributed by atoms with van der Waals surface area (Å²) in [6.07, 6.45) is 0. The molecular formula is C15H18N2. The molecule has 0 saturated heterocycles. The van der Waals surface area contributed by atoms with Crippen LogP contribution in [0.5, 0.6) is 0 Å². The number of aryl methyl sites for hydroxylation is 2. The molecule has 3 N–H and O–H groups in total. The van der Waals surface area contributed by atoms with E-state index in [-0.39, 0.29) is 6.04 Å². The van der Waals surface area contributed by atoms with Crippen molar-refractivity contribution < 1.29 is 0 Å². The molecule has 2 heteroatoms. The summed E-state index contributed by atoms with van der Waals surface area (Å²) in [4.78, 5) is 0. The summed E-state index contributed by atoms with van der Waals surface area (Å²) >= 11 is 0. The van der Waals surface area contributed by atoms with Crippen LogP contribution >= 0.6 is 0 Å². The zero-order chi connectivity index (χ0) is 12.3. The van der Waals surface area contributed by atoms with Gasteiger partial charge in [-0.25, -0.2) is 5.43 Å². The summed E-state index contributed by atoms with van der Waals surface area (Å²) in [5.41, 5.74) is 7.84. The van der Waals surface area contributed by atoms with Gasteiger partial charge in [0.25, 0.3) is 0 Å². The highest BCUT2D eigenvalue weighted by Crippen LogP contribution is 2.24. The molecule has 17 heavy (non-hydrogen) atoms. The van der Waals surface area contributed by atoms with E-state index in [1.165, 1.54) is 22.3 Å². The van der Waals surface area contributed by atoms with Crippen molar-refractivity contribution in [2.45, 2.75) is 19.9 Å². The molecule has 0 aromatic heterocycles. The zero-order valence-electron chi connectivity index (χ0n) is 10.3. The van der Waals surface area contributed by atoms with Crippen LogP contribution in [0.15, 0.2) is 48.5 Å². The van der Waals surface area contributed by atoms with Gasteiger partial charge in [-0.3, -0.25) is 5.84 Å². The van der Waals surface area contributed by atoms with Crippen LogP contribution in [0.3, 0.4) is 0 Å². The Morgan fingerprint density at radius 1 is 1.00 bits per heavy atom. The first-order valence-electron chi connectivity index (χ1n) is 5.80. The molecule has 0 bridgehead atoms. The largest absolute Gasteiger partial charge is 0.271 e. The fourth-order valence-corrected chi connectivity index (χ4v) is 2.16. The van der Waals surface area contributed by atoms with Crippen molar-refractivity contribution in [1.82, 2.24) is 5.43 Å². The number of nitrogens with two attached hydrogens (primary N) is 1. The number of hydrogen-bond acceptors (Lipinski definition) is 2. The van der Waals surface area contributed by atoms with Gasteiger partial charge in [-0.2, -0.15) is 0 Å². The highest BCUT2D eigenvalue weighted by atomic mass is 15.2. The van der Waals surface area contributed by atoms with Gasteiger partial charge in [0.2, 0.25) is 0 Å². The predicted molar refractivity (Wildman–Crippen MR) is 71.5 cm³/mol. The Labute approximate surface area is 102 Å². The third-order valence-corrected chi connectivity index (χ3v) is 3.04. The van der Waals surface area contributed by atoms with Crippen molar-refractivity contribution in [3.63, 3.8) is 0 Å². The second-order valence-electron chi connectivity index (χ2n) is 4.37. The van der Waals surface area contributed by atoms with Crippen LogP contribution in [0, 0.1) is 13.8 Å². The number of benzene rings is 2. The molecule has 0 fully saturated rings. The van der Waals surface area contributed by atoms with E-state index in [1.807, 2.05) is 18.2 Å². The van der Waals surface area contributed by atoms with Crippen LogP contribution in [-0.2, 0) is 0 Å². The van der Waals surface area contributed by atoms with Crippen molar-refractivity contribution >= 4 is 0 Å². The minimum Gasteiger partial charge on any atom is -0.271 e. The van der Waals surface area contributed by atoms with E-state index < -0.39 is 0 Å². The third kappa shape index (κ3) is 2.54. The van der Waals surface area contributed by atoms with Gasteiger partial charge >= 0.3 is 0 Å². The lowest BCUT2D eigenvalue weighted by molar-refractivity contribution is 0.633. The Morgan fingerprint density at radius 3 is 2.29 bits per heavy atom. The SMILES string of the molecule is Cc1ccc(C(NN)c2ccccc2)c(C)c1. The van der Waals surface area contributed by atoms with Gasteiger partial charge in [0.15, 0.2) is 0 Å². The number of rotatable bonds is 3. The van der Waals surface area contributed by atoms with E-state index >= 15 is 0 Å². The minimum absolute atomic E-state index is 0.0526. The predicted octanol–water partition coefficient (Wildman–Crippen LogP) is 2.86. The fourth-order valence-electron chi connectivity index (χ4n) is 2.16. The molecule has 0 aliphatic carbocycles. The molecule has 0 aliphatic rings. The van der Waals surface area contributed by atoms with Gasteiger partial charge in [-0.15, -0.1) is 0 Å². The van der Waals surface area contributed by atoms with Gasteiger partial charge in [-0.1, -0.05) is 54.1 Å². The molecule has 2 rings (SSSR count). The van der Waals surface area contributed by atoms with Gasteiger partial charge in [0.05, 0.1) is 6.04 Å². The first kappa shape index (κ1) is 11.8. The fraction of sp³-hybridized carbons (Fsp3) is 0.200. The average molecular weight is 226 g/mol. The van der Waals surface area contributed by atoms with Gasteiger partial charge < -0.3 is 0 Å². The van der Waals surface area contributed by atoms with Crippen LogP contribution < -0.4 is 11.3 Å². The van der Waals surface area contributed by atoms with Crippen molar-refractivity contribution in [3.05, 3.63) is 70.8 Å². The first-order chi connectivity index (χ1) is 8.22. The Bertz CT molecular complexity index is 492. The van der Waals surface area contributed by atoms with E-state index in [4.69, 9.17) is 5.84 Å². The molecule has 0 amide bonds. The van der Waals surface area contributed by atoms with E-state index in [0.29, 0.717) is 0 Å². The van der Waals surface area contributed by atoms with E-state index in [0.717, 1.165) is 0 Å². The van der Waals surface area contributed by atoms with Crippen LogP contribution in [0.25, 0.3) is 0 Å². The standard InChI is InChI=1S/C15H18N2/c1-11-8-9-14(12(2)10-11)15(17-16)13-6-4-3-5-7-13/h3-10,15,17H,16H2,1-2H3. The van der Waals surface area contributed by atoms with Crippen molar-refractivity contribution in [2.24, 2.45) is 5.84 Å². The lowest BCUT2D eigenvalue weighted by Crippen LogP contribution is -2.29. The van der Waals surface area contributed by atoms with Gasteiger partial charge in [-0.05, 0) is 30.5 Å². The van der Waals surface area contributed by atoms with Crippen LogP contribution in [0.2, 0.25) is 0 Å². The van der Waals surface area contributed by atoms with E-state index in [1.54, 1.807) is 0 Å². The Balaban J connectivity index is 2.42. The average Bonchev–Trinajstić information content (AvgIpc) is 2.34. The second kappa shape index (κ2) is 5.13. The lowest BCUT2D eigenvalue weighted by Gasteiger charge is -2.19. The molecule has 0 heterocycles. The monoisotopic (exact) mass is 226 g/mol. The lowest BCUT2D eigenvalue weighted by atomic mass is 9.94. The maximum Gasteiger partial charge on any atom is 0.0712 e. The number of hydrogen-bond donors (Lipinski definition) is 2. The van der Waals surface area contributed by atoms with E-state index in [2.05, 4.69) is 49.6 Å². The molecule has 0 spiro atoms. The van der Waals surface area contributed by atoms with Gasteiger partial charge in [0.1, 0.15) is 0 Å². The highest BCUT2D eigenvalue weighted by Gasteiger charge is 2.13. The molecule has 2 aromatic rings. The zero-order valence-corrected chi connectivity index (χ0v) is 10.3. The third-order valence-electron chi connectivity index (χ3n) is 3.04. The summed E-state index contributed by atoms with van der Waals surface area (Å²) in [5.74, 6) is 5.69. The topological polar surface area (TPSA) is 38.0 Å². The van der Waals surface area contributed by atoms with Gasteiger partial charge in [0, 0.05) is 0 Å². The maximum atomic E-state index is 5.69. The highest BCUT2D eigenvalue weighted by molar-refractivity contribution is 5.38. The minimum atomic E-state index is 0.0526. The molecule has 0 aliphatic heterocycles. The molecule has 0 saturated carbocycles. The molecule has 1 unspecified atom stereocenters. The summed E-state index contributed by atoms with van der Waals surface area (Å²) < 4.78 is 0. The van der Waals surface area contributed by atoms with Crippen LogP contribution in [0.4, 0.5) is 0 Å². The molecular weight excluding hydrogens is 208 g/mol. The number of nitrogens with one attached hydrogen (secondary N) is 1. The number of hydrazine groups is 1. The first-order valence-corrected chi connectivity index (χ1v) is 5.80. The quantitative estimate of drug-likeness (QED) is 0.624. The Morgan fingerprint density at radius 2 is 1.71 bits per heavy atom. The molecule has 0 radical (unpaired) electrons. The van der Waals surface area contributed by atoms with Crippen LogP contribution in [0.1, 0.15) is 28.3 Å². The molecule has 2 nitrogen and oxygen atoms in total. The summed E-state index contributed by atoms with van der Waals surface area (Å²) in [5, 5.41) is 0. The normalized spacial score (nSPS) is 12.4. The van der Waals surface area contributed by atoms with Crippen molar-refractivity contribution in [1.29, 1.82) is 0 Å². The Hall–Kier alpha value is -1.64. The molecule has 1 atom stereocenters. The maximum absolute atomic E-state index is 5.69. The summed E-state index contributed by atoms with van der Waals surface area (Å²) in [7, 11) is 0. The van der Waals surface area contributed by atoms with Crippen molar-refractivity contribution in [2.75, 3.05) is 0 Å². The summed E-state index contributed by atoms with van der Waals surface area (Å²) in [6.45, 7) is 4.22. The molecule has 2 aromatic carbocycles. The molecule has 88 valence electrons. The second-order valence-corrected chi connectivity index (χ2v) is 4.37. The van der Waals surface area contributed by atoms with Crippen molar-refractivity contribution in [3.8, 4) is 0 Å². The summed E-state index contributed by atoms with van der Waals surface area (Å²) in [6, 6.07) is 16.7.